The summed E-state index contributed by atoms with van der Waals surface area (Å²) in [5, 5.41) is 3.60. The van der Waals surface area contributed by atoms with Crippen LogP contribution in [0, 0.1) is 0 Å². The van der Waals surface area contributed by atoms with Gasteiger partial charge in [0.15, 0.2) is 0 Å². The number of hydrogen-bond donors (Lipinski definition) is 1. The number of fused-ring (bicyclic) bond motifs is 1. The maximum absolute atomic E-state index is 12.5. The molecule has 0 aromatic heterocycles. The molecule has 0 heterocycles. The first-order valence-electron chi connectivity index (χ1n) is 11.3. The summed E-state index contributed by atoms with van der Waals surface area (Å²) in [7, 11) is 1.37. The zero-order valence-electron chi connectivity index (χ0n) is 20.0. The summed E-state index contributed by atoms with van der Waals surface area (Å²) in [4.78, 5) is 24.0. The Kier molecular flexibility index (Phi) is 8.52. The fourth-order valence-corrected chi connectivity index (χ4v) is 4.89. The molecular weight excluding hydrogens is 522 g/mol. The largest absolute Gasteiger partial charge is 0.491 e. The zero-order valence-corrected chi connectivity index (χ0v) is 22.3. The van der Waals surface area contributed by atoms with Crippen molar-refractivity contribution in [2.24, 2.45) is 0 Å². The predicted octanol–water partition coefficient (Wildman–Crippen LogP) is 6.00. The number of benzene rings is 2. The van der Waals surface area contributed by atoms with E-state index in [0.717, 1.165) is 34.9 Å². The molecule has 0 unspecified atom stereocenters. The third-order valence-electron chi connectivity index (χ3n) is 5.79. The van der Waals surface area contributed by atoms with Crippen LogP contribution < -0.4 is 10.1 Å². The van der Waals surface area contributed by atoms with Crippen molar-refractivity contribution < 1.29 is 23.8 Å². The van der Waals surface area contributed by atoms with Crippen LogP contribution in [-0.2, 0) is 32.5 Å². The Bertz CT molecular complexity index is 1050. The Morgan fingerprint density at radius 1 is 1.18 bits per heavy atom. The van der Waals surface area contributed by atoms with Gasteiger partial charge in [0.25, 0.3) is 0 Å². The van der Waals surface area contributed by atoms with Gasteiger partial charge in [-0.25, -0.2) is 4.79 Å². The highest BCUT2D eigenvalue weighted by molar-refractivity contribution is 9.10. The van der Waals surface area contributed by atoms with Gasteiger partial charge in [-0.15, -0.1) is 0 Å². The summed E-state index contributed by atoms with van der Waals surface area (Å²) in [6.45, 7) is 6.20. The molecule has 1 aliphatic carbocycles. The van der Waals surface area contributed by atoms with E-state index >= 15 is 0 Å². The number of methoxy groups -OCH3 is 1. The van der Waals surface area contributed by atoms with E-state index in [0.29, 0.717) is 23.9 Å². The molecule has 0 saturated heterocycles. The second kappa shape index (κ2) is 11.0. The standard InChI is InChI=1S/C26H31BrClNO5/c1-25(2,3)34-24(31)29-15-26(11-5-6-18-8-9-19(28)14-20(18)26)16-33-22-10-7-17(12-21(22)27)13-23(30)32-4/h7-10,12,14H,5-6,11,13,15-16H2,1-4H3,(H,29,31)/t26-/m0/s1. The van der Waals surface area contributed by atoms with Gasteiger partial charge in [-0.3, -0.25) is 4.79 Å². The van der Waals surface area contributed by atoms with Crippen molar-refractivity contribution in [2.45, 2.75) is 57.5 Å². The van der Waals surface area contributed by atoms with Crippen molar-refractivity contribution >= 4 is 39.6 Å². The number of hydrogen-bond acceptors (Lipinski definition) is 5. The maximum atomic E-state index is 12.5. The fourth-order valence-electron chi connectivity index (χ4n) is 4.18. The van der Waals surface area contributed by atoms with Crippen molar-refractivity contribution in [2.75, 3.05) is 20.3 Å². The van der Waals surface area contributed by atoms with Crippen molar-refractivity contribution in [1.82, 2.24) is 5.32 Å². The highest BCUT2D eigenvalue weighted by Crippen LogP contribution is 2.40. The van der Waals surface area contributed by atoms with Crippen LogP contribution in [-0.4, -0.2) is 37.9 Å². The highest BCUT2D eigenvalue weighted by atomic mass is 79.9. The van der Waals surface area contributed by atoms with Crippen LogP contribution in [0.4, 0.5) is 4.79 Å². The summed E-state index contributed by atoms with van der Waals surface area (Å²) < 4.78 is 17.2. The van der Waals surface area contributed by atoms with E-state index in [-0.39, 0.29) is 12.4 Å². The third kappa shape index (κ3) is 6.89. The minimum Gasteiger partial charge on any atom is -0.491 e. The quantitative estimate of drug-likeness (QED) is 0.427. The first-order valence-corrected chi connectivity index (χ1v) is 12.4. The van der Waals surface area contributed by atoms with Crippen LogP contribution in [0.25, 0.3) is 0 Å². The Morgan fingerprint density at radius 2 is 1.94 bits per heavy atom. The number of carbonyl (C=O) groups is 2. The van der Waals surface area contributed by atoms with Gasteiger partial charge in [0.1, 0.15) is 11.4 Å². The first kappa shape index (κ1) is 26.4. The Hall–Kier alpha value is -2.25. The van der Waals surface area contributed by atoms with Crippen molar-refractivity contribution in [1.29, 1.82) is 0 Å². The van der Waals surface area contributed by atoms with Crippen LogP contribution in [0.5, 0.6) is 5.75 Å². The van der Waals surface area contributed by atoms with Crippen LogP contribution in [0.2, 0.25) is 5.02 Å². The van der Waals surface area contributed by atoms with Gasteiger partial charge >= 0.3 is 12.1 Å². The van der Waals surface area contributed by atoms with Crippen molar-refractivity contribution in [3.8, 4) is 5.75 Å². The summed E-state index contributed by atoms with van der Waals surface area (Å²) >= 11 is 9.92. The van der Waals surface area contributed by atoms with Crippen LogP contribution >= 0.6 is 27.5 Å². The molecule has 0 aliphatic heterocycles. The average molecular weight is 553 g/mol. The predicted molar refractivity (Wildman–Crippen MR) is 136 cm³/mol. The Balaban J connectivity index is 1.84. The lowest BCUT2D eigenvalue weighted by Gasteiger charge is -2.39. The van der Waals surface area contributed by atoms with E-state index in [1.54, 1.807) is 0 Å². The van der Waals surface area contributed by atoms with Crippen molar-refractivity contribution in [3.05, 3.63) is 62.6 Å². The monoisotopic (exact) mass is 551 g/mol. The summed E-state index contributed by atoms with van der Waals surface area (Å²) in [6.07, 6.45) is 2.47. The summed E-state index contributed by atoms with van der Waals surface area (Å²) in [5.41, 5.74) is 2.05. The number of aryl methyl sites for hydroxylation is 1. The molecule has 8 heteroatoms. The Labute approximate surface area is 214 Å². The molecule has 0 fully saturated rings. The molecule has 2 aromatic rings. The van der Waals surface area contributed by atoms with E-state index in [4.69, 9.17) is 25.8 Å². The summed E-state index contributed by atoms with van der Waals surface area (Å²) in [5.74, 6) is 0.350. The number of amides is 1. The van der Waals surface area contributed by atoms with Crippen molar-refractivity contribution in [3.63, 3.8) is 0 Å². The van der Waals surface area contributed by atoms with E-state index in [9.17, 15) is 9.59 Å². The fraction of sp³-hybridized carbons (Fsp3) is 0.462. The molecule has 1 amide bonds. The molecule has 184 valence electrons. The molecule has 1 atom stereocenters. The van der Waals surface area contributed by atoms with Crippen LogP contribution in [0.15, 0.2) is 40.9 Å². The molecule has 0 spiro atoms. The first-order chi connectivity index (χ1) is 16.0. The van der Waals surface area contributed by atoms with Gasteiger partial charge in [0, 0.05) is 17.0 Å². The third-order valence-corrected chi connectivity index (χ3v) is 6.65. The molecule has 34 heavy (non-hydrogen) atoms. The smallest absolute Gasteiger partial charge is 0.407 e. The van der Waals surface area contributed by atoms with Gasteiger partial charge < -0.3 is 19.5 Å². The molecule has 2 aromatic carbocycles. The highest BCUT2D eigenvalue weighted by Gasteiger charge is 2.38. The second-order valence-corrected chi connectivity index (χ2v) is 10.9. The molecular formula is C26H31BrClNO5. The molecule has 3 rings (SSSR count). The second-order valence-electron chi connectivity index (χ2n) is 9.60. The number of alkyl carbamates (subject to hydrolysis) is 1. The number of rotatable bonds is 7. The lowest BCUT2D eigenvalue weighted by Crippen LogP contribution is -2.48. The molecule has 0 saturated carbocycles. The topological polar surface area (TPSA) is 73.9 Å². The van der Waals surface area contributed by atoms with Crippen LogP contribution in [0.3, 0.4) is 0 Å². The van der Waals surface area contributed by atoms with Gasteiger partial charge in [-0.05, 0) is 96.9 Å². The number of esters is 1. The Morgan fingerprint density at radius 3 is 2.62 bits per heavy atom. The molecule has 6 nitrogen and oxygen atoms in total. The van der Waals surface area contributed by atoms with E-state index in [2.05, 4.69) is 27.3 Å². The maximum Gasteiger partial charge on any atom is 0.407 e. The van der Waals surface area contributed by atoms with E-state index in [1.165, 1.54) is 12.7 Å². The SMILES string of the molecule is COC(=O)Cc1ccc(OC[C@@]2(CNC(=O)OC(C)(C)C)CCCc3ccc(Cl)cc32)c(Br)c1. The van der Waals surface area contributed by atoms with Crippen LogP contribution in [0.1, 0.15) is 50.3 Å². The minimum atomic E-state index is -0.585. The lowest BCUT2D eigenvalue weighted by molar-refractivity contribution is -0.139. The molecule has 1 aliphatic rings. The molecule has 1 N–H and O–H groups in total. The molecule has 0 radical (unpaired) electrons. The zero-order chi connectivity index (χ0) is 24.9. The van der Waals surface area contributed by atoms with Gasteiger partial charge in [0.2, 0.25) is 0 Å². The average Bonchev–Trinajstić information content (AvgIpc) is 2.76. The molecule has 0 bridgehead atoms. The number of nitrogens with one attached hydrogen (secondary N) is 1. The minimum absolute atomic E-state index is 0.186. The van der Waals surface area contributed by atoms with Gasteiger partial charge in [0.05, 0.1) is 24.6 Å². The number of halogens is 2. The summed E-state index contributed by atoms with van der Waals surface area (Å²) in [6, 6.07) is 11.5. The lowest BCUT2D eigenvalue weighted by atomic mass is 9.70. The van der Waals surface area contributed by atoms with Gasteiger partial charge in [-0.1, -0.05) is 23.7 Å². The van der Waals surface area contributed by atoms with E-state index in [1.807, 2.05) is 51.1 Å². The normalized spacial score (nSPS) is 17.5. The number of ether oxygens (including phenoxy) is 3. The van der Waals surface area contributed by atoms with Gasteiger partial charge in [-0.2, -0.15) is 0 Å². The number of carbonyl (C=O) groups excluding carboxylic acids is 2. The van der Waals surface area contributed by atoms with E-state index < -0.39 is 17.1 Å².